The zero-order valence-corrected chi connectivity index (χ0v) is 16.7. The Balaban J connectivity index is 1.72. The normalized spacial score (nSPS) is 18.9. The summed E-state index contributed by atoms with van der Waals surface area (Å²) < 4.78 is 10.5. The average molecular weight is 382 g/mol. The van der Waals surface area contributed by atoms with Gasteiger partial charge in [-0.3, -0.25) is 9.69 Å². The molecule has 6 heteroatoms. The van der Waals surface area contributed by atoms with E-state index < -0.39 is 5.54 Å². The maximum absolute atomic E-state index is 13.0. The lowest BCUT2D eigenvalue weighted by atomic mass is 9.93. The molecule has 0 saturated carbocycles. The van der Waals surface area contributed by atoms with Gasteiger partial charge in [-0.1, -0.05) is 29.8 Å². The number of ether oxygens (including phenoxy) is 2. The van der Waals surface area contributed by atoms with Gasteiger partial charge in [-0.05, 0) is 50.5 Å². The second-order valence-corrected chi connectivity index (χ2v) is 7.32. The molecular weight excluding hydrogens is 356 g/mol. The number of carbonyl (C=O) groups is 2. The number of imide groups is 1. The van der Waals surface area contributed by atoms with E-state index in [0.29, 0.717) is 18.6 Å². The van der Waals surface area contributed by atoms with Gasteiger partial charge in [0.1, 0.15) is 17.0 Å². The zero-order valence-electron chi connectivity index (χ0n) is 16.7. The molecule has 1 saturated heterocycles. The Morgan fingerprint density at radius 3 is 2.39 bits per heavy atom. The molecule has 0 radical (unpaired) electrons. The van der Waals surface area contributed by atoms with Crippen molar-refractivity contribution < 1.29 is 19.1 Å². The van der Waals surface area contributed by atoms with Gasteiger partial charge in [-0.2, -0.15) is 0 Å². The molecule has 1 N–H and O–H groups in total. The summed E-state index contributed by atoms with van der Waals surface area (Å²) in [5.41, 5.74) is 2.02. The van der Waals surface area contributed by atoms with Gasteiger partial charge >= 0.3 is 6.03 Å². The summed E-state index contributed by atoms with van der Waals surface area (Å²) in [5, 5.41) is 2.87. The summed E-state index contributed by atoms with van der Waals surface area (Å²) in [6.45, 7) is 3.94. The SMILES string of the molecule is COc1ccc(CC[C@@]2(C)NC(=O)N(Cc3cc(C)ccc3OC)C2=O)cc1. The predicted molar refractivity (Wildman–Crippen MR) is 107 cm³/mol. The van der Waals surface area contributed by atoms with Crippen molar-refractivity contribution in [3.8, 4) is 11.5 Å². The molecule has 2 aromatic carbocycles. The number of methoxy groups -OCH3 is 2. The molecule has 1 aliphatic rings. The Hall–Kier alpha value is -3.02. The van der Waals surface area contributed by atoms with Crippen molar-refractivity contribution in [2.45, 2.75) is 38.8 Å². The fraction of sp³-hybridized carbons (Fsp3) is 0.364. The first kappa shape index (κ1) is 19.7. The lowest BCUT2D eigenvalue weighted by Crippen LogP contribution is -2.44. The van der Waals surface area contributed by atoms with Crippen molar-refractivity contribution in [2.24, 2.45) is 0 Å². The van der Waals surface area contributed by atoms with Crippen LogP contribution < -0.4 is 14.8 Å². The second-order valence-electron chi connectivity index (χ2n) is 7.32. The van der Waals surface area contributed by atoms with Crippen LogP contribution in [0.5, 0.6) is 11.5 Å². The number of nitrogens with zero attached hydrogens (tertiary/aromatic N) is 1. The van der Waals surface area contributed by atoms with Gasteiger partial charge in [0.25, 0.3) is 5.91 Å². The van der Waals surface area contributed by atoms with Gasteiger partial charge in [0.15, 0.2) is 0 Å². The minimum Gasteiger partial charge on any atom is -0.497 e. The lowest BCUT2D eigenvalue weighted by Gasteiger charge is -2.22. The molecule has 28 heavy (non-hydrogen) atoms. The van der Waals surface area contributed by atoms with Crippen LogP contribution in [0.25, 0.3) is 0 Å². The maximum Gasteiger partial charge on any atom is 0.325 e. The molecule has 3 rings (SSSR count). The molecule has 1 atom stereocenters. The summed E-state index contributed by atoms with van der Waals surface area (Å²) in [5.74, 6) is 1.24. The minimum atomic E-state index is -0.923. The number of hydrogen-bond acceptors (Lipinski definition) is 4. The predicted octanol–water partition coefficient (Wildman–Crippen LogP) is 3.46. The highest BCUT2D eigenvalue weighted by Gasteiger charge is 2.47. The van der Waals surface area contributed by atoms with Gasteiger partial charge in [0.05, 0.1) is 20.8 Å². The van der Waals surface area contributed by atoms with E-state index in [1.165, 1.54) is 4.90 Å². The highest BCUT2D eigenvalue weighted by Crippen LogP contribution is 2.28. The topological polar surface area (TPSA) is 67.9 Å². The molecular formula is C22H26N2O4. The molecule has 1 aliphatic heterocycles. The van der Waals surface area contributed by atoms with Crippen LogP contribution >= 0.6 is 0 Å². The number of aryl methyl sites for hydroxylation is 2. The van der Waals surface area contributed by atoms with Crippen LogP contribution in [0.2, 0.25) is 0 Å². The monoisotopic (exact) mass is 382 g/mol. The van der Waals surface area contributed by atoms with Gasteiger partial charge in [-0.15, -0.1) is 0 Å². The molecule has 6 nitrogen and oxygen atoms in total. The fourth-order valence-corrected chi connectivity index (χ4v) is 3.45. The standard InChI is InChI=1S/C22H26N2O4/c1-15-5-10-19(28-4)17(13-15)14-24-20(25)22(2,23-21(24)26)12-11-16-6-8-18(27-3)9-7-16/h5-10,13H,11-12,14H2,1-4H3,(H,23,26)/t22-/m1/s1. The molecule has 148 valence electrons. The van der Waals surface area contributed by atoms with Crippen molar-refractivity contribution in [2.75, 3.05) is 14.2 Å². The fourth-order valence-electron chi connectivity index (χ4n) is 3.45. The van der Waals surface area contributed by atoms with Crippen molar-refractivity contribution >= 4 is 11.9 Å². The van der Waals surface area contributed by atoms with E-state index in [-0.39, 0.29) is 18.5 Å². The van der Waals surface area contributed by atoms with Gasteiger partial charge in [0.2, 0.25) is 0 Å². The number of urea groups is 1. The summed E-state index contributed by atoms with van der Waals surface area (Å²) in [6, 6.07) is 13.1. The summed E-state index contributed by atoms with van der Waals surface area (Å²) in [6.07, 6.45) is 1.19. The number of amides is 3. The van der Waals surface area contributed by atoms with Gasteiger partial charge < -0.3 is 14.8 Å². The van der Waals surface area contributed by atoms with E-state index in [4.69, 9.17) is 9.47 Å². The van der Waals surface area contributed by atoms with E-state index in [2.05, 4.69) is 5.32 Å². The summed E-state index contributed by atoms with van der Waals surface area (Å²) in [4.78, 5) is 26.8. The third-order valence-corrected chi connectivity index (χ3v) is 5.18. The van der Waals surface area contributed by atoms with Gasteiger partial charge in [0, 0.05) is 5.56 Å². The third kappa shape index (κ3) is 3.96. The molecule has 1 heterocycles. The molecule has 0 aliphatic carbocycles. The minimum absolute atomic E-state index is 0.188. The molecule has 0 bridgehead atoms. The van der Waals surface area contributed by atoms with E-state index in [0.717, 1.165) is 22.4 Å². The molecule has 0 spiro atoms. The zero-order chi connectivity index (χ0) is 20.3. The molecule has 0 aromatic heterocycles. The Morgan fingerprint density at radius 2 is 1.75 bits per heavy atom. The Bertz CT molecular complexity index is 879. The Kier molecular flexibility index (Phi) is 5.58. The van der Waals surface area contributed by atoms with Crippen LogP contribution in [0.15, 0.2) is 42.5 Å². The van der Waals surface area contributed by atoms with Crippen molar-refractivity contribution in [3.63, 3.8) is 0 Å². The molecule has 1 fully saturated rings. The van der Waals surface area contributed by atoms with Crippen molar-refractivity contribution in [3.05, 3.63) is 59.2 Å². The number of benzene rings is 2. The first-order valence-corrected chi connectivity index (χ1v) is 9.27. The van der Waals surface area contributed by atoms with E-state index in [9.17, 15) is 9.59 Å². The van der Waals surface area contributed by atoms with E-state index in [1.54, 1.807) is 21.1 Å². The molecule has 0 unspecified atom stereocenters. The molecule has 2 aromatic rings. The Morgan fingerprint density at radius 1 is 1.04 bits per heavy atom. The summed E-state index contributed by atoms with van der Waals surface area (Å²) >= 11 is 0. The van der Waals surface area contributed by atoms with E-state index >= 15 is 0 Å². The first-order chi connectivity index (χ1) is 13.4. The van der Waals surface area contributed by atoms with Crippen molar-refractivity contribution in [1.29, 1.82) is 0 Å². The number of rotatable bonds is 7. The van der Waals surface area contributed by atoms with Crippen LogP contribution in [0.1, 0.15) is 30.0 Å². The highest BCUT2D eigenvalue weighted by atomic mass is 16.5. The van der Waals surface area contributed by atoms with E-state index in [1.807, 2.05) is 49.4 Å². The third-order valence-electron chi connectivity index (χ3n) is 5.18. The lowest BCUT2D eigenvalue weighted by molar-refractivity contribution is -0.131. The number of nitrogens with one attached hydrogen (secondary N) is 1. The second kappa shape index (κ2) is 7.92. The average Bonchev–Trinajstić information content (AvgIpc) is 2.90. The number of carbonyl (C=O) groups excluding carboxylic acids is 2. The van der Waals surface area contributed by atoms with Crippen LogP contribution in [0, 0.1) is 6.92 Å². The Labute approximate surface area is 165 Å². The largest absolute Gasteiger partial charge is 0.497 e. The van der Waals surface area contributed by atoms with Crippen LogP contribution in [0.4, 0.5) is 4.79 Å². The van der Waals surface area contributed by atoms with Crippen molar-refractivity contribution in [1.82, 2.24) is 10.2 Å². The maximum atomic E-state index is 13.0. The van der Waals surface area contributed by atoms with Gasteiger partial charge in [-0.25, -0.2) is 4.79 Å². The first-order valence-electron chi connectivity index (χ1n) is 9.27. The van der Waals surface area contributed by atoms with Crippen LogP contribution in [0.3, 0.4) is 0 Å². The molecule has 3 amide bonds. The van der Waals surface area contributed by atoms with Crippen LogP contribution in [-0.4, -0.2) is 36.6 Å². The van der Waals surface area contributed by atoms with Crippen LogP contribution in [-0.2, 0) is 17.8 Å². The number of hydrogen-bond donors (Lipinski definition) is 1. The quantitative estimate of drug-likeness (QED) is 0.745. The smallest absolute Gasteiger partial charge is 0.325 e. The highest BCUT2D eigenvalue weighted by molar-refractivity contribution is 6.06. The summed E-state index contributed by atoms with van der Waals surface area (Å²) in [7, 11) is 3.21.